The van der Waals surface area contributed by atoms with Gasteiger partial charge in [-0.2, -0.15) is 0 Å². The molecule has 2 saturated carbocycles. The van der Waals surface area contributed by atoms with Crippen molar-refractivity contribution < 1.29 is 33.5 Å². The number of nitrogens with two attached hydrogens (primary N) is 1. The van der Waals surface area contributed by atoms with Crippen LogP contribution >= 0.6 is 0 Å². The Morgan fingerprint density at radius 2 is 1.33 bits per heavy atom. The molecule has 0 aromatic rings. The molecular weight excluding hydrogens is 650 g/mol. The Labute approximate surface area is 308 Å². The van der Waals surface area contributed by atoms with E-state index in [9.17, 15) is 28.8 Å². The normalized spacial score (nSPS) is 20.8. The second kappa shape index (κ2) is 22.7. The minimum Gasteiger partial charge on any atom is -0.458 e. The maximum atomic E-state index is 14.0. The van der Waals surface area contributed by atoms with Gasteiger partial charge in [-0.1, -0.05) is 107 Å². The van der Waals surface area contributed by atoms with Gasteiger partial charge in [0.25, 0.3) is 5.91 Å². The summed E-state index contributed by atoms with van der Waals surface area (Å²) in [4.78, 5) is 78.6. The minimum absolute atomic E-state index is 0.0785. The van der Waals surface area contributed by atoms with E-state index in [1.807, 2.05) is 34.6 Å². The van der Waals surface area contributed by atoms with E-state index in [2.05, 4.69) is 22.9 Å². The van der Waals surface area contributed by atoms with Crippen LogP contribution in [0.4, 0.5) is 4.79 Å². The minimum atomic E-state index is -1.16. The van der Waals surface area contributed by atoms with E-state index in [0.717, 1.165) is 38.0 Å². The molecule has 2 aliphatic carbocycles. The van der Waals surface area contributed by atoms with E-state index >= 15 is 0 Å². The summed E-state index contributed by atoms with van der Waals surface area (Å²) >= 11 is 0. The third-order valence-electron chi connectivity index (χ3n) is 9.44. The van der Waals surface area contributed by atoms with Crippen LogP contribution in [0.1, 0.15) is 154 Å². The summed E-state index contributed by atoms with van der Waals surface area (Å²) in [6.07, 6.45) is 10.2. The summed E-state index contributed by atoms with van der Waals surface area (Å²) in [5.41, 5.74) is 3.60. The van der Waals surface area contributed by atoms with Gasteiger partial charge in [0.2, 0.25) is 17.6 Å². The van der Waals surface area contributed by atoms with Gasteiger partial charge in [0.05, 0.1) is 6.04 Å². The molecule has 12 nitrogen and oxygen atoms in total. The lowest BCUT2D eigenvalue weighted by Crippen LogP contribution is -2.62. The number of urea groups is 1. The number of ketones is 1. The molecule has 0 spiro atoms. The number of nitrogens with one attached hydrogen (secondary N) is 3. The van der Waals surface area contributed by atoms with Gasteiger partial charge < -0.3 is 31.3 Å². The number of hydrogen-bond acceptors (Lipinski definition) is 7. The molecule has 0 bridgehead atoms. The summed E-state index contributed by atoms with van der Waals surface area (Å²) in [5, 5.41) is 8.13. The summed E-state index contributed by atoms with van der Waals surface area (Å²) in [6.45, 7) is 24.6. The van der Waals surface area contributed by atoms with Crippen molar-refractivity contribution in [3.8, 4) is 0 Å². The number of primary amides is 1. The van der Waals surface area contributed by atoms with Crippen LogP contribution in [0.3, 0.4) is 0 Å². The summed E-state index contributed by atoms with van der Waals surface area (Å²) in [5.74, 6) is -2.80. The Morgan fingerprint density at radius 1 is 0.804 bits per heavy atom. The molecule has 3 rings (SSSR count). The monoisotopic (exact) mass is 724 g/mol. The van der Waals surface area contributed by atoms with Crippen LogP contribution in [0, 0.1) is 23.2 Å². The molecule has 51 heavy (non-hydrogen) atoms. The van der Waals surface area contributed by atoms with Gasteiger partial charge in [0.15, 0.2) is 0 Å². The summed E-state index contributed by atoms with van der Waals surface area (Å²) in [6, 6.07) is -4.59. The number of ether oxygens (including phenoxy) is 1. The van der Waals surface area contributed by atoms with Crippen molar-refractivity contribution in [1.82, 2.24) is 20.9 Å². The predicted octanol–water partition coefficient (Wildman–Crippen LogP) is 6.04. The van der Waals surface area contributed by atoms with E-state index in [4.69, 9.17) is 10.5 Å². The fourth-order valence-electron chi connectivity index (χ4n) is 6.41. The van der Waals surface area contributed by atoms with Crippen LogP contribution in [0.2, 0.25) is 0 Å². The first-order chi connectivity index (χ1) is 23.8. The number of nitrogens with zero attached hydrogens (tertiary/aromatic N) is 1. The predicted molar refractivity (Wildman–Crippen MR) is 203 cm³/mol. The highest BCUT2D eigenvalue weighted by molar-refractivity contribution is 6.37. The molecular formula is C39H73N5O7. The van der Waals surface area contributed by atoms with Crippen molar-refractivity contribution in [2.75, 3.05) is 6.54 Å². The van der Waals surface area contributed by atoms with Gasteiger partial charge >= 0.3 is 12.0 Å². The fourth-order valence-corrected chi connectivity index (χ4v) is 6.41. The lowest BCUT2D eigenvalue weighted by atomic mass is 9.83. The molecule has 0 aromatic heterocycles. The molecule has 1 saturated heterocycles. The highest BCUT2D eigenvalue weighted by Gasteiger charge is 2.46. The Bertz CT molecular complexity index is 1120. The zero-order valence-corrected chi connectivity index (χ0v) is 34.2. The average molecular weight is 724 g/mol. The topological polar surface area (TPSA) is 177 Å². The van der Waals surface area contributed by atoms with E-state index in [0.29, 0.717) is 12.8 Å². The zero-order chi connectivity index (χ0) is 39.7. The van der Waals surface area contributed by atoms with Crippen LogP contribution in [-0.2, 0) is 28.7 Å². The number of esters is 1. The summed E-state index contributed by atoms with van der Waals surface area (Å²) in [7, 11) is 0. The first-order valence-electron chi connectivity index (χ1n) is 19.5. The lowest BCUT2D eigenvalue weighted by molar-refractivity contribution is -0.159. The van der Waals surface area contributed by atoms with Crippen molar-refractivity contribution >= 4 is 35.5 Å². The molecule has 4 unspecified atom stereocenters. The lowest BCUT2D eigenvalue weighted by Gasteiger charge is -2.37. The Kier molecular flexibility index (Phi) is 21.3. The number of Topliss-reactive ketones (excluding diaryl/α,β-unsaturated/α-hetero) is 1. The third kappa shape index (κ3) is 15.9. The quantitative estimate of drug-likeness (QED) is 0.157. The molecule has 5 N–H and O–H groups in total. The Hall–Kier alpha value is -3.18. The molecule has 12 heteroatoms. The largest absolute Gasteiger partial charge is 0.458 e. The SMILES string of the molecule is CC.CC.CC1CCC1.CC[C@H]1CCN(C(=O)C(NC(=O)NC(C(=O)OC(C)(C)C)C2CCCCC2)C(C)(C)C)C1C(=O)NC(C)C(=O)C(N)=O. The van der Waals surface area contributed by atoms with E-state index < -0.39 is 70.7 Å². The average Bonchev–Trinajstić information content (AvgIpc) is 3.50. The number of likely N-dealkylation sites (tertiary alicyclic amines) is 1. The molecule has 3 aliphatic rings. The number of carbonyl (C=O) groups excluding carboxylic acids is 6. The highest BCUT2D eigenvalue weighted by Crippen LogP contribution is 2.32. The zero-order valence-electron chi connectivity index (χ0n) is 34.2. The van der Waals surface area contributed by atoms with Gasteiger partial charge in [-0.25, -0.2) is 9.59 Å². The standard InChI is InChI=1S/C30H51N5O7.C5H10.2C2H6/c1-9-18-15-16-35(21(18)25(38)32-17(2)22(36)24(31)37)26(39)23(29(3,4)5)34-28(41)33-20(19-13-11-10-12-14-19)27(40)42-30(6,7)8;1-5-3-2-4-5;2*1-2/h17-21,23H,9-16H2,1-8H3,(H2,31,37)(H,32,38)(H2,33,34,41);5H,2-4H2,1H3;2*1-2H3/t17?,18-,20?,21?,23?;;;/m0.../s1. The molecule has 1 aliphatic heterocycles. The van der Waals surface area contributed by atoms with Crippen molar-refractivity contribution in [2.45, 2.75) is 184 Å². The number of rotatable bonds is 10. The molecule has 0 aromatic carbocycles. The van der Waals surface area contributed by atoms with Crippen LogP contribution in [0.5, 0.6) is 0 Å². The fraction of sp³-hybridized carbons (Fsp3) is 0.846. The van der Waals surface area contributed by atoms with Crippen LogP contribution in [0.15, 0.2) is 0 Å². The van der Waals surface area contributed by atoms with Gasteiger partial charge in [0.1, 0.15) is 23.7 Å². The number of hydrogen-bond donors (Lipinski definition) is 4. The molecule has 296 valence electrons. The van der Waals surface area contributed by atoms with Gasteiger partial charge in [-0.05, 0) is 70.1 Å². The van der Waals surface area contributed by atoms with Crippen molar-refractivity contribution in [2.24, 2.45) is 28.9 Å². The summed E-state index contributed by atoms with van der Waals surface area (Å²) < 4.78 is 5.63. The van der Waals surface area contributed by atoms with Crippen molar-refractivity contribution in [1.29, 1.82) is 0 Å². The van der Waals surface area contributed by atoms with E-state index in [1.54, 1.807) is 41.5 Å². The van der Waals surface area contributed by atoms with Crippen LogP contribution < -0.4 is 21.7 Å². The smallest absolute Gasteiger partial charge is 0.329 e. The maximum Gasteiger partial charge on any atom is 0.329 e. The molecule has 0 radical (unpaired) electrons. The van der Waals surface area contributed by atoms with Crippen molar-refractivity contribution in [3.63, 3.8) is 0 Å². The molecule has 5 amide bonds. The van der Waals surface area contributed by atoms with Crippen LogP contribution in [-0.4, -0.2) is 76.7 Å². The second-order valence-electron chi connectivity index (χ2n) is 15.8. The van der Waals surface area contributed by atoms with Gasteiger partial charge in [-0.3, -0.25) is 19.2 Å². The van der Waals surface area contributed by atoms with E-state index in [-0.39, 0.29) is 18.4 Å². The second-order valence-corrected chi connectivity index (χ2v) is 15.8. The first-order valence-corrected chi connectivity index (χ1v) is 19.5. The van der Waals surface area contributed by atoms with Gasteiger partial charge in [0, 0.05) is 6.54 Å². The van der Waals surface area contributed by atoms with Crippen molar-refractivity contribution in [3.05, 3.63) is 0 Å². The Balaban J connectivity index is 0.00000246. The molecule has 1 heterocycles. The van der Waals surface area contributed by atoms with Gasteiger partial charge in [-0.15, -0.1) is 0 Å². The molecule has 3 fully saturated rings. The highest BCUT2D eigenvalue weighted by atomic mass is 16.6. The number of carbonyl (C=O) groups is 6. The van der Waals surface area contributed by atoms with Crippen LogP contribution in [0.25, 0.3) is 0 Å². The van der Waals surface area contributed by atoms with E-state index in [1.165, 1.54) is 31.1 Å². The Morgan fingerprint density at radius 3 is 1.75 bits per heavy atom. The first kappa shape index (κ1) is 47.8. The number of amides is 5. The molecule has 5 atom stereocenters. The maximum absolute atomic E-state index is 14.0. The third-order valence-corrected chi connectivity index (χ3v) is 9.44.